The number of rotatable bonds is 2. The quantitative estimate of drug-likeness (QED) is 0.480. The number of aromatic nitrogens is 2. The second-order valence-corrected chi connectivity index (χ2v) is 4.86. The largest absolute Gasteiger partial charge is 0.274 e. The van der Waals surface area contributed by atoms with Crippen molar-refractivity contribution < 1.29 is 4.92 Å². The second kappa shape index (κ2) is 4.59. The standard InChI is InChI=1S/C13H10ClN3O2/c14-12-7-9(17(18)19)6-11(16-12)10-4-3-8-2-1-5-15-13(8)10/h1-2,5-7,10H,3-4H2. The number of hydrogen-bond acceptors (Lipinski definition) is 4. The lowest BCUT2D eigenvalue weighted by molar-refractivity contribution is -0.385. The molecule has 0 amide bonds. The average Bonchev–Trinajstić information content (AvgIpc) is 2.81. The molecule has 96 valence electrons. The van der Waals surface area contributed by atoms with Gasteiger partial charge in [0.25, 0.3) is 5.69 Å². The van der Waals surface area contributed by atoms with Crippen LogP contribution in [-0.2, 0) is 6.42 Å². The first-order chi connectivity index (χ1) is 9.15. The van der Waals surface area contributed by atoms with Crippen LogP contribution in [0, 0.1) is 10.1 Å². The molecule has 0 N–H and O–H groups in total. The lowest BCUT2D eigenvalue weighted by Gasteiger charge is -2.10. The maximum atomic E-state index is 10.9. The maximum Gasteiger partial charge on any atom is 0.274 e. The van der Waals surface area contributed by atoms with Gasteiger partial charge in [-0.05, 0) is 24.5 Å². The lowest BCUT2D eigenvalue weighted by atomic mass is 10.0. The molecule has 1 aliphatic rings. The summed E-state index contributed by atoms with van der Waals surface area (Å²) in [6.07, 6.45) is 3.50. The summed E-state index contributed by atoms with van der Waals surface area (Å²) in [5.41, 5.74) is 2.72. The Balaban J connectivity index is 2.07. The molecule has 2 heterocycles. The molecule has 2 aromatic heterocycles. The third kappa shape index (κ3) is 2.17. The molecule has 1 aliphatic carbocycles. The molecule has 0 bridgehead atoms. The fraction of sp³-hybridized carbons (Fsp3) is 0.231. The fourth-order valence-corrected chi connectivity index (χ4v) is 2.70. The minimum Gasteiger partial charge on any atom is -0.260 e. The van der Waals surface area contributed by atoms with Crippen LogP contribution >= 0.6 is 11.6 Å². The Hall–Kier alpha value is -2.01. The van der Waals surface area contributed by atoms with Crippen molar-refractivity contribution in [3.8, 4) is 0 Å². The van der Waals surface area contributed by atoms with E-state index in [9.17, 15) is 10.1 Å². The van der Waals surface area contributed by atoms with Crippen molar-refractivity contribution in [3.63, 3.8) is 0 Å². The van der Waals surface area contributed by atoms with Gasteiger partial charge in [-0.15, -0.1) is 0 Å². The van der Waals surface area contributed by atoms with Gasteiger partial charge >= 0.3 is 0 Å². The summed E-state index contributed by atoms with van der Waals surface area (Å²) in [6, 6.07) is 6.68. The zero-order chi connectivity index (χ0) is 13.4. The maximum absolute atomic E-state index is 10.9. The van der Waals surface area contributed by atoms with Crippen molar-refractivity contribution in [2.75, 3.05) is 0 Å². The Morgan fingerprint density at radius 2 is 2.26 bits per heavy atom. The highest BCUT2D eigenvalue weighted by atomic mass is 35.5. The number of aryl methyl sites for hydroxylation is 1. The monoisotopic (exact) mass is 275 g/mol. The number of pyridine rings is 2. The zero-order valence-corrected chi connectivity index (χ0v) is 10.7. The molecule has 5 nitrogen and oxygen atoms in total. The van der Waals surface area contributed by atoms with Crippen molar-refractivity contribution in [1.29, 1.82) is 0 Å². The van der Waals surface area contributed by atoms with Gasteiger partial charge in [0.2, 0.25) is 0 Å². The van der Waals surface area contributed by atoms with E-state index in [1.54, 1.807) is 6.20 Å². The smallest absolute Gasteiger partial charge is 0.260 e. The van der Waals surface area contributed by atoms with Crippen LogP contribution in [0.4, 0.5) is 5.69 Å². The van der Waals surface area contributed by atoms with Crippen LogP contribution in [0.15, 0.2) is 30.5 Å². The topological polar surface area (TPSA) is 68.9 Å². The molecule has 0 fully saturated rings. The Bertz CT molecular complexity index is 660. The van der Waals surface area contributed by atoms with Gasteiger partial charge in [-0.1, -0.05) is 17.7 Å². The van der Waals surface area contributed by atoms with Crippen LogP contribution in [0.3, 0.4) is 0 Å². The molecular formula is C13H10ClN3O2. The highest BCUT2D eigenvalue weighted by Gasteiger charge is 2.27. The van der Waals surface area contributed by atoms with E-state index in [0.717, 1.165) is 18.5 Å². The van der Waals surface area contributed by atoms with Gasteiger partial charge in [0, 0.05) is 18.2 Å². The Morgan fingerprint density at radius 1 is 1.42 bits per heavy atom. The number of nitrogens with zero attached hydrogens (tertiary/aromatic N) is 3. The van der Waals surface area contributed by atoms with Crippen molar-refractivity contribution in [3.05, 3.63) is 62.7 Å². The molecular weight excluding hydrogens is 266 g/mol. The SMILES string of the molecule is O=[N+]([O-])c1cc(Cl)nc(C2CCc3cccnc32)c1. The molecule has 3 rings (SSSR count). The second-order valence-electron chi connectivity index (χ2n) is 4.47. The van der Waals surface area contributed by atoms with Gasteiger partial charge in [0.1, 0.15) is 5.15 Å². The fourth-order valence-electron chi connectivity index (χ4n) is 2.49. The molecule has 0 saturated heterocycles. The molecule has 1 unspecified atom stereocenters. The first-order valence-corrected chi connectivity index (χ1v) is 6.28. The summed E-state index contributed by atoms with van der Waals surface area (Å²) < 4.78 is 0. The van der Waals surface area contributed by atoms with Gasteiger partial charge < -0.3 is 0 Å². The van der Waals surface area contributed by atoms with Gasteiger partial charge in [0.15, 0.2) is 0 Å². The first kappa shape index (κ1) is 12.0. The Kier molecular flexibility index (Phi) is 2.91. The number of fused-ring (bicyclic) bond motifs is 1. The molecule has 19 heavy (non-hydrogen) atoms. The van der Waals surface area contributed by atoms with Crippen LogP contribution in [-0.4, -0.2) is 14.9 Å². The zero-order valence-electron chi connectivity index (χ0n) is 9.91. The van der Waals surface area contributed by atoms with Gasteiger partial charge in [0.05, 0.1) is 22.4 Å². The van der Waals surface area contributed by atoms with Gasteiger partial charge in [-0.2, -0.15) is 0 Å². The van der Waals surface area contributed by atoms with Crippen LogP contribution in [0.25, 0.3) is 0 Å². The first-order valence-electron chi connectivity index (χ1n) is 5.91. The van der Waals surface area contributed by atoms with Crippen LogP contribution in [0.2, 0.25) is 5.15 Å². The van der Waals surface area contributed by atoms with Crippen molar-refractivity contribution in [1.82, 2.24) is 9.97 Å². The third-order valence-corrected chi connectivity index (χ3v) is 3.52. The van der Waals surface area contributed by atoms with Crippen molar-refractivity contribution >= 4 is 17.3 Å². The highest BCUT2D eigenvalue weighted by Crippen LogP contribution is 2.37. The number of halogens is 1. The van der Waals surface area contributed by atoms with E-state index >= 15 is 0 Å². The molecule has 0 aromatic carbocycles. The normalized spacial score (nSPS) is 17.2. The van der Waals surface area contributed by atoms with Crippen LogP contribution < -0.4 is 0 Å². The molecule has 6 heteroatoms. The summed E-state index contributed by atoms with van der Waals surface area (Å²) in [7, 11) is 0. The average molecular weight is 276 g/mol. The predicted octanol–water partition coefficient (Wildman–Crippen LogP) is 3.12. The molecule has 0 radical (unpaired) electrons. The Morgan fingerprint density at radius 3 is 3.05 bits per heavy atom. The van der Waals surface area contributed by atoms with E-state index in [2.05, 4.69) is 9.97 Å². The minimum absolute atomic E-state index is 0.00593. The summed E-state index contributed by atoms with van der Waals surface area (Å²) in [5.74, 6) is -0.00593. The van der Waals surface area contributed by atoms with Gasteiger partial charge in [-0.25, -0.2) is 4.98 Å². The van der Waals surface area contributed by atoms with E-state index < -0.39 is 4.92 Å². The Labute approximate surface area is 114 Å². The minimum atomic E-state index is -0.453. The molecule has 0 aliphatic heterocycles. The lowest BCUT2D eigenvalue weighted by Crippen LogP contribution is -2.03. The summed E-state index contributed by atoms with van der Waals surface area (Å²) >= 11 is 5.86. The number of hydrogen-bond donors (Lipinski definition) is 0. The van der Waals surface area contributed by atoms with Crippen molar-refractivity contribution in [2.45, 2.75) is 18.8 Å². The van der Waals surface area contributed by atoms with Gasteiger partial charge in [-0.3, -0.25) is 15.1 Å². The number of nitro groups is 1. The van der Waals surface area contributed by atoms with Crippen molar-refractivity contribution in [2.24, 2.45) is 0 Å². The van der Waals surface area contributed by atoms with Crippen LogP contribution in [0.1, 0.15) is 29.3 Å². The molecule has 2 aromatic rings. The van der Waals surface area contributed by atoms with E-state index in [4.69, 9.17) is 11.6 Å². The van der Waals surface area contributed by atoms with E-state index in [1.165, 1.54) is 17.7 Å². The molecule has 1 atom stereocenters. The predicted molar refractivity (Wildman–Crippen MR) is 70.3 cm³/mol. The summed E-state index contributed by atoms with van der Waals surface area (Å²) in [6.45, 7) is 0. The summed E-state index contributed by atoms with van der Waals surface area (Å²) in [4.78, 5) is 19.0. The van der Waals surface area contributed by atoms with E-state index in [0.29, 0.717) is 5.69 Å². The molecule has 0 spiro atoms. The summed E-state index contributed by atoms with van der Waals surface area (Å²) in [5, 5.41) is 11.0. The molecule has 0 saturated carbocycles. The third-order valence-electron chi connectivity index (χ3n) is 3.33. The van der Waals surface area contributed by atoms with E-state index in [1.807, 2.05) is 12.1 Å². The highest BCUT2D eigenvalue weighted by molar-refractivity contribution is 6.29. The van der Waals surface area contributed by atoms with E-state index in [-0.39, 0.29) is 16.8 Å². The van der Waals surface area contributed by atoms with Crippen LogP contribution in [0.5, 0.6) is 0 Å².